The number of benzene rings is 2. The third-order valence-corrected chi connectivity index (χ3v) is 6.60. The van der Waals surface area contributed by atoms with Crippen molar-refractivity contribution >= 4 is 41.1 Å². The Morgan fingerprint density at radius 3 is 2.24 bits per heavy atom. The normalized spacial score (nSPS) is 15.3. The monoisotopic (exact) mass is 573 g/mol. The van der Waals surface area contributed by atoms with Gasteiger partial charge in [-0.15, -0.1) is 0 Å². The Balaban J connectivity index is 0.000000240. The van der Waals surface area contributed by atoms with E-state index in [0.717, 1.165) is 46.9 Å². The molecule has 6 nitrogen and oxygen atoms in total. The van der Waals surface area contributed by atoms with Crippen molar-refractivity contribution in [2.75, 3.05) is 26.5 Å². The molecule has 1 saturated carbocycles. The maximum atomic E-state index is 13.9. The molecule has 1 heterocycles. The van der Waals surface area contributed by atoms with Crippen molar-refractivity contribution in [1.29, 1.82) is 0 Å². The fourth-order valence-electron chi connectivity index (χ4n) is 3.91. The predicted octanol–water partition coefficient (Wildman–Crippen LogP) is 7.72. The molecule has 0 unspecified atom stereocenters. The van der Waals surface area contributed by atoms with Gasteiger partial charge in [-0.1, -0.05) is 49.9 Å². The van der Waals surface area contributed by atoms with Crippen LogP contribution in [0.1, 0.15) is 79.8 Å². The topological polar surface area (TPSA) is 65.0 Å². The fourth-order valence-corrected chi connectivity index (χ4v) is 4.65. The summed E-state index contributed by atoms with van der Waals surface area (Å²) in [6, 6.07) is 8.49. The highest BCUT2D eigenvalue weighted by molar-refractivity contribution is 7.96. The Kier molecular flexibility index (Phi) is 14.1. The predicted molar refractivity (Wildman–Crippen MR) is 151 cm³/mol. The number of hydrazine groups is 1. The van der Waals surface area contributed by atoms with Crippen LogP contribution in [0, 0.1) is 5.82 Å². The third kappa shape index (κ3) is 11.0. The number of piperidine rings is 1. The zero-order chi connectivity index (χ0) is 27.4. The number of hydrogen-bond acceptors (Lipinski definition) is 6. The zero-order valence-corrected chi connectivity index (χ0v) is 24.4. The van der Waals surface area contributed by atoms with E-state index in [-0.39, 0.29) is 5.56 Å². The third-order valence-electron chi connectivity index (χ3n) is 5.73. The van der Waals surface area contributed by atoms with Gasteiger partial charge in [-0.25, -0.2) is 4.39 Å². The molecular formula is C27H38Cl2FN3O3S. The van der Waals surface area contributed by atoms with Crippen LogP contribution in [-0.4, -0.2) is 47.0 Å². The molecular weight excluding hydrogens is 536 g/mol. The first kappa shape index (κ1) is 31.7. The lowest BCUT2D eigenvalue weighted by molar-refractivity contribution is -0.0242. The van der Waals surface area contributed by atoms with Crippen LogP contribution in [0.15, 0.2) is 30.3 Å². The Bertz CT molecular complexity index is 985. The minimum absolute atomic E-state index is 0.101. The van der Waals surface area contributed by atoms with E-state index < -0.39 is 11.7 Å². The van der Waals surface area contributed by atoms with Crippen LogP contribution in [0.4, 0.5) is 4.39 Å². The van der Waals surface area contributed by atoms with E-state index >= 15 is 0 Å². The van der Waals surface area contributed by atoms with Crippen molar-refractivity contribution in [2.24, 2.45) is 0 Å². The molecule has 0 bridgehead atoms. The highest BCUT2D eigenvalue weighted by atomic mass is 35.5. The Labute approximate surface area is 234 Å². The van der Waals surface area contributed by atoms with Crippen LogP contribution in [0.2, 0.25) is 10.0 Å². The first-order chi connectivity index (χ1) is 17.7. The summed E-state index contributed by atoms with van der Waals surface area (Å²) in [6.07, 6.45) is 8.84. The van der Waals surface area contributed by atoms with Gasteiger partial charge in [0, 0.05) is 28.9 Å². The van der Waals surface area contributed by atoms with Gasteiger partial charge < -0.3 is 4.74 Å². The summed E-state index contributed by atoms with van der Waals surface area (Å²) in [7, 11) is 1.48. The second kappa shape index (κ2) is 16.4. The minimum atomic E-state index is -0.695. The molecule has 1 saturated heterocycles. The maximum Gasteiger partial charge on any atom is 0.271 e. The Hall–Kier alpha value is -1.55. The summed E-state index contributed by atoms with van der Waals surface area (Å²) in [6.45, 7) is 7.62. The number of nitrogens with one attached hydrogen (secondary N) is 1. The van der Waals surface area contributed by atoms with Crippen LogP contribution in [-0.2, 0) is 6.54 Å². The molecule has 37 heavy (non-hydrogen) atoms. The van der Waals surface area contributed by atoms with Crippen LogP contribution in [0.5, 0.6) is 5.75 Å². The summed E-state index contributed by atoms with van der Waals surface area (Å²) in [5, 5.41) is 10.7. The lowest BCUT2D eigenvalue weighted by atomic mass is 10.0. The summed E-state index contributed by atoms with van der Waals surface area (Å²) in [5.41, 5.74) is 4.09. The van der Waals surface area contributed by atoms with Gasteiger partial charge in [-0.05, 0) is 96.6 Å². The van der Waals surface area contributed by atoms with Crippen molar-refractivity contribution in [3.05, 3.63) is 62.9 Å². The number of amides is 1. The zero-order valence-electron chi connectivity index (χ0n) is 22.0. The van der Waals surface area contributed by atoms with Gasteiger partial charge >= 0.3 is 0 Å². The molecule has 2 aliphatic rings. The van der Waals surface area contributed by atoms with Crippen molar-refractivity contribution in [3.8, 4) is 5.75 Å². The number of halogens is 3. The van der Waals surface area contributed by atoms with Crippen molar-refractivity contribution in [1.82, 2.24) is 14.9 Å². The number of ether oxygens (including phenoxy) is 1. The number of hydrogen-bond donors (Lipinski definition) is 2. The van der Waals surface area contributed by atoms with E-state index in [1.165, 1.54) is 63.6 Å². The van der Waals surface area contributed by atoms with E-state index in [2.05, 4.69) is 24.2 Å². The van der Waals surface area contributed by atoms with Gasteiger partial charge in [-0.2, -0.15) is 0 Å². The number of carbonyl (C=O) groups excluding carboxylic acids is 1. The van der Waals surface area contributed by atoms with E-state index in [4.69, 9.17) is 27.9 Å². The van der Waals surface area contributed by atoms with Gasteiger partial charge in [0.2, 0.25) is 0 Å². The molecule has 2 aromatic rings. The first-order valence-electron chi connectivity index (χ1n) is 12.6. The number of rotatable bonds is 7. The summed E-state index contributed by atoms with van der Waals surface area (Å²) in [5.74, 6) is -0.581. The molecule has 1 aliphatic heterocycles. The molecule has 4 rings (SSSR count). The molecule has 2 aromatic carbocycles. The van der Waals surface area contributed by atoms with E-state index in [0.29, 0.717) is 16.2 Å². The summed E-state index contributed by atoms with van der Waals surface area (Å²) < 4.78 is 19.5. The number of nitrogens with zero attached hydrogens (tertiary/aromatic N) is 2. The lowest BCUT2D eigenvalue weighted by Crippen LogP contribution is -2.35. The van der Waals surface area contributed by atoms with Gasteiger partial charge in [0.15, 0.2) is 0 Å². The number of likely N-dealkylation sites (tertiary alicyclic amines) is 1. The minimum Gasteiger partial charge on any atom is -0.496 e. The first-order valence-corrected chi connectivity index (χ1v) is 14.5. The van der Waals surface area contributed by atoms with Gasteiger partial charge in [-0.3, -0.25) is 20.3 Å². The summed E-state index contributed by atoms with van der Waals surface area (Å²) in [4.78, 5) is 14.3. The fraction of sp³-hybridized carbons (Fsp3) is 0.519. The maximum absolute atomic E-state index is 13.9. The van der Waals surface area contributed by atoms with Crippen LogP contribution in [0.25, 0.3) is 0 Å². The van der Waals surface area contributed by atoms with Crippen molar-refractivity contribution in [2.45, 2.75) is 64.8 Å². The van der Waals surface area contributed by atoms with Gasteiger partial charge in [0.25, 0.3) is 5.91 Å². The quantitative estimate of drug-likeness (QED) is 0.261. The second-order valence-corrected chi connectivity index (χ2v) is 10.7. The van der Waals surface area contributed by atoms with Gasteiger partial charge in [0.05, 0.1) is 12.7 Å². The Morgan fingerprint density at radius 1 is 1.14 bits per heavy atom. The molecule has 0 atom stereocenters. The molecule has 0 radical (unpaired) electrons. The summed E-state index contributed by atoms with van der Waals surface area (Å²) >= 11 is 12.8. The van der Waals surface area contributed by atoms with Crippen molar-refractivity contribution < 1.29 is 19.1 Å². The molecule has 1 aliphatic carbocycles. The average Bonchev–Trinajstić information content (AvgIpc) is 3.70. The molecule has 0 aromatic heterocycles. The molecule has 0 spiro atoms. The Morgan fingerprint density at radius 2 is 1.73 bits per heavy atom. The van der Waals surface area contributed by atoms with E-state index in [1.54, 1.807) is 12.3 Å². The van der Waals surface area contributed by atoms with Crippen molar-refractivity contribution in [3.63, 3.8) is 0 Å². The SMILES string of the molecule is CCC.COc1cc(F)c(C(=O)NN(O)SC)cc1C1CC1.Clc1cc(Cl)cc(CN2CCCCC2)c1. The van der Waals surface area contributed by atoms with E-state index in [9.17, 15) is 14.4 Å². The molecule has 1 amide bonds. The smallest absolute Gasteiger partial charge is 0.271 e. The molecule has 206 valence electrons. The average molecular weight is 575 g/mol. The van der Waals surface area contributed by atoms with Crippen LogP contribution < -0.4 is 10.2 Å². The van der Waals surface area contributed by atoms with E-state index in [1.807, 2.05) is 12.1 Å². The van der Waals surface area contributed by atoms with Crippen LogP contribution >= 0.6 is 35.1 Å². The highest BCUT2D eigenvalue weighted by Crippen LogP contribution is 2.45. The highest BCUT2D eigenvalue weighted by Gasteiger charge is 2.29. The lowest BCUT2D eigenvalue weighted by Gasteiger charge is -2.26. The molecule has 10 heteroatoms. The van der Waals surface area contributed by atoms with Gasteiger partial charge in [0.1, 0.15) is 11.6 Å². The standard InChI is InChI=1S/C12H15Cl2N.C12H15FN2O3S.C3H8/c13-11-6-10(7-12(14)8-11)9-15-4-2-1-3-5-15;1-18-11-6-10(13)9(5-8(11)7-3-4-7)12(16)14-15(17)19-2;1-3-2/h6-8H,1-5,9H2;5-7,17H,3-4H2,1-2H3,(H,14,16);3H2,1-2H3. The largest absolute Gasteiger partial charge is 0.496 e. The second-order valence-electron chi connectivity index (χ2n) is 9.07. The number of methoxy groups -OCH3 is 1. The van der Waals surface area contributed by atoms with Crippen LogP contribution in [0.3, 0.4) is 0 Å². The number of carbonyl (C=O) groups is 1. The molecule has 2 fully saturated rings. The molecule has 2 N–H and O–H groups in total.